The highest BCUT2D eigenvalue weighted by molar-refractivity contribution is 7.89. The van der Waals surface area contributed by atoms with Crippen molar-refractivity contribution in [2.24, 2.45) is 10.9 Å². The largest absolute Gasteiger partial charge is 0.480 e. The van der Waals surface area contributed by atoms with E-state index in [0.29, 0.717) is 12.8 Å². The van der Waals surface area contributed by atoms with Gasteiger partial charge in [-0.25, -0.2) is 13.6 Å². The van der Waals surface area contributed by atoms with Gasteiger partial charge in [0, 0.05) is 0 Å². The van der Waals surface area contributed by atoms with E-state index in [-0.39, 0.29) is 12.2 Å². The predicted octanol–water partition coefficient (Wildman–Crippen LogP) is -1.14. The maximum absolute atomic E-state index is 10.4. The molecule has 0 aliphatic rings. The molecule has 78 valence electrons. The zero-order chi connectivity index (χ0) is 10.5. The van der Waals surface area contributed by atoms with Crippen molar-refractivity contribution < 1.29 is 18.3 Å². The number of hydrogen-bond acceptors (Lipinski definition) is 4. The summed E-state index contributed by atoms with van der Waals surface area (Å²) in [6.45, 7) is 0. The number of carboxylic acid groups (broad SMARTS) is 1. The number of aliphatic carboxylic acids is 1. The van der Waals surface area contributed by atoms with Crippen molar-refractivity contribution in [2.45, 2.75) is 25.3 Å². The molecule has 5 N–H and O–H groups in total. The lowest BCUT2D eigenvalue weighted by Gasteiger charge is -2.04. The van der Waals surface area contributed by atoms with E-state index < -0.39 is 22.0 Å². The Kier molecular flexibility index (Phi) is 4.89. The van der Waals surface area contributed by atoms with Crippen LogP contribution in [0.2, 0.25) is 0 Å². The van der Waals surface area contributed by atoms with Gasteiger partial charge in [-0.15, -0.1) is 0 Å². The fourth-order valence-corrected chi connectivity index (χ4v) is 1.40. The van der Waals surface area contributed by atoms with Gasteiger partial charge in [0.25, 0.3) is 0 Å². The highest BCUT2D eigenvalue weighted by atomic mass is 32.2. The van der Waals surface area contributed by atoms with Gasteiger partial charge in [-0.3, -0.25) is 4.79 Å². The van der Waals surface area contributed by atoms with E-state index in [1.54, 1.807) is 0 Å². The minimum Gasteiger partial charge on any atom is -0.480 e. The van der Waals surface area contributed by atoms with E-state index >= 15 is 0 Å². The third-order valence-electron chi connectivity index (χ3n) is 1.51. The van der Waals surface area contributed by atoms with Crippen LogP contribution in [0, 0.1) is 0 Å². The monoisotopic (exact) mass is 210 g/mol. The summed E-state index contributed by atoms with van der Waals surface area (Å²) in [6, 6.07) is -0.916. The number of carboxylic acids is 1. The predicted molar refractivity (Wildman–Crippen MR) is 47.4 cm³/mol. The molecule has 0 rings (SSSR count). The normalized spacial score (nSPS) is 14.0. The fraction of sp³-hybridized carbons (Fsp3) is 0.833. The van der Waals surface area contributed by atoms with Crippen LogP contribution < -0.4 is 10.9 Å². The van der Waals surface area contributed by atoms with E-state index in [9.17, 15) is 13.2 Å². The van der Waals surface area contributed by atoms with Gasteiger partial charge in [0.15, 0.2) is 0 Å². The molecule has 0 aliphatic heterocycles. The SMILES string of the molecule is N[C@@H](CCCCS(N)(=O)=O)C(=O)O. The molecular formula is C6H14N2O4S. The standard InChI is InChI=1S/C6H14N2O4S/c7-5(6(9)10)3-1-2-4-13(8,11)12/h5H,1-4,7H2,(H,9,10)(H2,8,11,12)/t5-/m0/s1. The summed E-state index contributed by atoms with van der Waals surface area (Å²) in [4.78, 5) is 10.2. The average Bonchev–Trinajstić information content (AvgIpc) is 1.95. The van der Waals surface area contributed by atoms with Crippen LogP contribution >= 0.6 is 0 Å². The number of rotatable bonds is 6. The molecule has 0 aromatic carbocycles. The summed E-state index contributed by atoms with van der Waals surface area (Å²) in [5.74, 6) is -1.20. The van der Waals surface area contributed by atoms with Gasteiger partial charge in [-0.05, 0) is 12.8 Å². The molecule has 0 amide bonds. The number of carbonyl (C=O) groups is 1. The molecule has 0 spiro atoms. The second-order valence-electron chi connectivity index (χ2n) is 2.81. The summed E-state index contributed by atoms with van der Waals surface area (Å²) >= 11 is 0. The quantitative estimate of drug-likeness (QED) is 0.478. The minimum atomic E-state index is -3.43. The van der Waals surface area contributed by atoms with Crippen LogP contribution in [0.25, 0.3) is 0 Å². The van der Waals surface area contributed by atoms with Crippen LogP contribution in [0.5, 0.6) is 0 Å². The van der Waals surface area contributed by atoms with E-state index in [4.69, 9.17) is 16.0 Å². The third-order valence-corrected chi connectivity index (χ3v) is 2.37. The zero-order valence-corrected chi connectivity index (χ0v) is 7.96. The number of unbranched alkanes of at least 4 members (excludes halogenated alkanes) is 1. The Morgan fingerprint density at radius 1 is 1.38 bits per heavy atom. The lowest BCUT2D eigenvalue weighted by molar-refractivity contribution is -0.138. The lowest BCUT2D eigenvalue weighted by Crippen LogP contribution is -2.30. The molecule has 0 saturated carbocycles. The van der Waals surface area contributed by atoms with E-state index in [0.717, 1.165) is 0 Å². The van der Waals surface area contributed by atoms with Gasteiger partial charge >= 0.3 is 5.97 Å². The van der Waals surface area contributed by atoms with Crippen molar-refractivity contribution >= 4 is 16.0 Å². The molecule has 6 nitrogen and oxygen atoms in total. The van der Waals surface area contributed by atoms with E-state index in [1.165, 1.54) is 0 Å². The van der Waals surface area contributed by atoms with Crippen LogP contribution in [0.15, 0.2) is 0 Å². The highest BCUT2D eigenvalue weighted by Crippen LogP contribution is 2.00. The molecule has 0 saturated heterocycles. The number of primary sulfonamides is 1. The van der Waals surface area contributed by atoms with Crippen molar-refractivity contribution in [2.75, 3.05) is 5.75 Å². The van der Waals surface area contributed by atoms with Crippen molar-refractivity contribution in [1.29, 1.82) is 0 Å². The first kappa shape index (κ1) is 12.3. The van der Waals surface area contributed by atoms with Gasteiger partial charge < -0.3 is 10.8 Å². The first-order valence-corrected chi connectivity index (χ1v) is 5.53. The molecule has 7 heteroatoms. The maximum atomic E-state index is 10.4. The van der Waals surface area contributed by atoms with E-state index in [2.05, 4.69) is 0 Å². The van der Waals surface area contributed by atoms with Crippen molar-refractivity contribution in [3.05, 3.63) is 0 Å². The molecule has 0 bridgehead atoms. The lowest BCUT2D eigenvalue weighted by atomic mass is 10.1. The molecule has 0 fully saturated rings. The first-order chi connectivity index (χ1) is 5.83. The van der Waals surface area contributed by atoms with Crippen LogP contribution in [-0.4, -0.2) is 31.3 Å². The summed E-state index contributed by atoms with van der Waals surface area (Å²) in [7, 11) is -3.43. The molecule has 1 atom stereocenters. The van der Waals surface area contributed by atoms with Gasteiger partial charge in [0.05, 0.1) is 5.75 Å². The average molecular weight is 210 g/mol. The van der Waals surface area contributed by atoms with Crippen LogP contribution in [-0.2, 0) is 14.8 Å². The van der Waals surface area contributed by atoms with Crippen molar-refractivity contribution in [3.63, 3.8) is 0 Å². The highest BCUT2D eigenvalue weighted by Gasteiger charge is 2.11. The maximum Gasteiger partial charge on any atom is 0.320 e. The van der Waals surface area contributed by atoms with Crippen LogP contribution in [0.1, 0.15) is 19.3 Å². The molecule has 0 aliphatic carbocycles. The Labute approximate surface area is 77.0 Å². The third kappa shape index (κ3) is 7.69. The Morgan fingerprint density at radius 2 is 1.92 bits per heavy atom. The number of hydrogen-bond donors (Lipinski definition) is 3. The summed E-state index contributed by atoms with van der Waals surface area (Å²) < 4.78 is 20.9. The summed E-state index contributed by atoms with van der Waals surface area (Å²) in [5.41, 5.74) is 5.19. The molecular weight excluding hydrogens is 196 g/mol. The topological polar surface area (TPSA) is 123 Å². The van der Waals surface area contributed by atoms with E-state index in [1.807, 2.05) is 0 Å². The Morgan fingerprint density at radius 3 is 2.31 bits per heavy atom. The van der Waals surface area contributed by atoms with Crippen LogP contribution in [0.4, 0.5) is 0 Å². The van der Waals surface area contributed by atoms with Crippen LogP contribution in [0.3, 0.4) is 0 Å². The molecule has 0 aromatic heterocycles. The van der Waals surface area contributed by atoms with Crippen molar-refractivity contribution in [1.82, 2.24) is 0 Å². The Bertz CT molecular complexity index is 262. The number of nitrogens with two attached hydrogens (primary N) is 2. The molecule has 13 heavy (non-hydrogen) atoms. The Hall–Kier alpha value is -0.660. The second kappa shape index (κ2) is 5.15. The van der Waals surface area contributed by atoms with Gasteiger partial charge in [0.1, 0.15) is 6.04 Å². The zero-order valence-electron chi connectivity index (χ0n) is 7.14. The number of sulfonamides is 1. The first-order valence-electron chi connectivity index (χ1n) is 3.82. The minimum absolute atomic E-state index is 0.126. The fourth-order valence-electron chi connectivity index (χ4n) is 0.791. The molecule has 0 aromatic rings. The Balaban J connectivity index is 3.53. The molecule has 0 heterocycles. The van der Waals surface area contributed by atoms with Gasteiger partial charge in [-0.2, -0.15) is 0 Å². The molecule has 0 radical (unpaired) electrons. The molecule has 0 unspecified atom stereocenters. The van der Waals surface area contributed by atoms with Gasteiger partial charge in [-0.1, -0.05) is 6.42 Å². The van der Waals surface area contributed by atoms with Crippen molar-refractivity contribution in [3.8, 4) is 0 Å². The summed E-state index contributed by atoms with van der Waals surface area (Å²) in [5, 5.41) is 13.1. The smallest absolute Gasteiger partial charge is 0.320 e. The second-order valence-corrected chi connectivity index (χ2v) is 4.54. The summed E-state index contributed by atoms with van der Waals surface area (Å²) in [6.07, 6.45) is 1.06. The van der Waals surface area contributed by atoms with Gasteiger partial charge in [0.2, 0.25) is 10.0 Å².